The van der Waals surface area contributed by atoms with Gasteiger partial charge in [0.05, 0.1) is 18.4 Å². The fourth-order valence-electron chi connectivity index (χ4n) is 4.11. The fourth-order valence-corrected chi connectivity index (χ4v) is 4.90. The summed E-state index contributed by atoms with van der Waals surface area (Å²) >= 11 is 1.20. The van der Waals surface area contributed by atoms with Gasteiger partial charge in [0.2, 0.25) is 5.17 Å². The zero-order valence-corrected chi connectivity index (χ0v) is 22.3. The second kappa shape index (κ2) is 13.5. The highest BCUT2D eigenvalue weighted by Gasteiger charge is 2.22. The standard InChI is InChI=1S/C25H37N7O3S/c1-31(2)13-14-35-22-15-18(17-7-5-6-8-17)9-11-21(22)28-24(33)20-16-19(30-34-4)10-12-23(20)36-25(29-26)32(3)27/h9-12,15-17,30H,5-8,13-14,26-27H2,1-4H3,(H,28,33)/p+1/b29-25+. The molecule has 0 unspecified atom stereocenters. The first-order chi connectivity index (χ1) is 17.3. The minimum atomic E-state index is -0.286. The predicted octanol–water partition coefficient (Wildman–Crippen LogP) is 2.42. The monoisotopic (exact) mass is 516 g/mol. The Balaban J connectivity index is 1.91. The van der Waals surface area contributed by atoms with E-state index in [9.17, 15) is 4.79 Å². The van der Waals surface area contributed by atoms with Crippen molar-refractivity contribution in [3.63, 3.8) is 0 Å². The van der Waals surface area contributed by atoms with Gasteiger partial charge in [-0.25, -0.2) is 10.7 Å². The molecule has 1 saturated carbocycles. The van der Waals surface area contributed by atoms with Crippen molar-refractivity contribution in [3.05, 3.63) is 47.5 Å². The summed E-state index contributed by atoms with van der Waals surface area (Å²) in [5.41, 5.74) is 4.64. The third kappa shape index (κ3) is 7.58. The SMILES string of the molecule is CO[NH2+]c1ccc(S/C(=N/N)N(C)N)c(C(=O)Nc2ccc(C3CCCC3)cc2OCCN(C)C)c1. The summed E-state index contributed by atoms with van der Waals surface area (Å²) in [7, 11) is 7.20. The van der Waals surface area contributed by atoms with Gasteiger partial charge in [0.15, 0.2) is 5.69 Å². The van der Waals surface area contributed by atoms with Crippen molar-refractivity contribution >= 4 is 34.2 Å². The number of likely N-dealkylation sites (N-methyl/N-ethyl adjacent to an activating group) is 1. The van der Waals surface area contributed by atoms with Gasteiger partial charge in [-0.3, -0.25) is 9.80 Å². The van der Waals surface area contributed by atoms with Crippen LogP contribution >= 0.6 is 11.8 Å². The van der Waals surface area contributed by atoms with E-state index in [4.69, 9.17) is 21.3 Å². The number of quaternary nitrogens is 1. The summed E-state index contributed by atoms with van der Waals surface area (Å²) in [6.07, 6.45) is 4.88. The van der Waals surface area contributed by atoms with Crippen LogP contribution in [0.3, 0.4) is 0 Å². The number of amides is 1. The van der Waals surface area contributed by atoms with Gasteiger partial charge in [-0.15, -0.1) is 0 Å². The molecule has 10 nitrogen and oxygen atoms in total. The zero-order valence-electron chi connectivity index (χ0n) is 21.5. The van der Waals surface area contributed by atoms with Gasteiger partial charge < -0.3 is 20.8 Å². The number of hydrazine groups is 1. The van der Waals surface area contributed by atoms with E-state index in [2.05, 4.69) is 27.5 Å². The molecule has 36 heavy (non-hydrogen) atoms. The average molecular weight is 517 g/mol. The largest absolute Gasteiger partial charge is 0.490 e. The van der Waals surface area contributed by atoms with Crippen LogP contribution in [0, 0.1) is 0 Å². The van der Waals surface area contributed by atoms with Crippen LogP contribution in [0.25, 0.3) is 0 Å². The van der Waals surface area contributed by atoms with Crippen LogP contribution in [0.4, 0.5) is 11.4 Å². The van der Waals surface area contributed by atoms with Gasteiger partial charge in [0, 0.05) is 30.6 Å². The predicted molar refractivity (Wildman–Crippen MR) is 144 cm³/mol. The molecule has 2 aromatic rings. The number of benzene rings is 2. The Labute approximate surface area is 217 Å². The van der Waals surface area contributed by atoms with E-state index >= 15 is 0 Å². The molecular weight excluding hydrogens is 478 g/mol. The number of carbonyl (C=O) groups is 1. The van der Waals surface area contributed by atoms with Gasteiger partial charge in [0.1, 0.15) is 12.4 Å². The van der Waals surface area contributed by atoms with E-state index in [0.29, 0.717) is 39.6 Å². The molecule has 1 fully saturated rings. The number of hydrogen-bond acceptors (Lipinski definition) is 8. The number of amidine groups is 1. The van der Waals surface area contributed by atoms with Crippen molar-refractivity contribution in [1.29, 1.82) is 0 Å². The smallest absolute Gasteiger partial charge is 0.257 e. The summed E-state index contributed by atoms with van der Waals surface area (Å²) in [4.78, 5) is 21.4. The van der Waals surface area contributed by atoms with Crippen molar-refractivity contribution in [1.82, 2.24) is 9.91 Å². The maximum absolute atomic E-state index is 13.5. The lowest BCUT2D eigenvalue weighted by Crippen LogP contribution is -2.75. The summed E-state index contributed by atoms with van der Waals surface area (Å²) in [6, 6.07) is 11.5. The molecule has 0 radical (unpaired) electrons. The first-order valence-electron chi connectivity index (χ1n) is 12.0. The molecule has 0 spiro atoms. The quantitative estimate of drug-likeness (QED) is 0.0944. The van der Waals surface area contributed by atoms with Crippen LogP contribution in [-0.2, 0) is 4.84 Å². The highest BCUT2D eigenvalue weighted by Crippen LogP contribution is 2.38. The Bertz CT molecular complexity index is 1060. The maximum Gasteiger partial charge on any atom is 0.257 e. The highest BCUT2D eigenvalue weighted by molar-refractivity contribution is 8.13. The molecule has 1 aliphatic carbocycles. The first-order valence-corrected chi connectivity index (χ1v) is 12.8. The molecule has 0 aromatic heterocycles. The third-order valence-corrected chi connectivity index (χ3v) is 7.14. The number of nitrogens with one attached hydrogen (secondary N) is 1. The molecule has 11 heteroatoms. The summed E-state index contributed by atoms with van der Waals surface area (Å²) in [5.74, 6) is 12.3. The van der Waals surface area contributed by atoms with E-state index in [1.54, 1.807) is 25.7 Å². The molecule has 7 N–H and O–H groups in total. The van der Waals surface area contributed by atoms with E-state index in [1.165, 1.54) is 48.0 Å². The van der Waals surface area contributed by atoms with Crippen molar-refractivity contribution < 1.29 is 19.8 Å². The Morgan fingerprint density at radius 2 is 1.94 bits per heavy atom. The molecule has 0 saturated heterocycles. The van der Waals surface area contributed by atoms with E-state index in [0.717, 1.165) is 12.2 Å². The van der Waals surface area contributed by atoms with Crippen LogP contribution in [0.15, 0.2) is 46.4 Å². The number of nitrogens with zero attached hydrogens (tertiary/aromatic N) is 3. The second-order valence-corrected chi connectivity index (χ2v) is 10.1. The Kier molecular flexibility index (Phi) is 10.4. The lowest BCUT2D eigenvalue weighted by atomic mass is 9.97. The number of carbonyl (C=O) groups excluding carboxylic acids is 1. The molecule has 0 atom stereocenters. The van der Waals surface area contributed by atoms with E-state index in [-0.39, 0.29) is 5.91 Å². The topological polar surface area (TPSA) is 135 Å². The number of hydrogen-bond donors (Lipinski definition) is 4. The molecule has 0 bridgehead atoms. The minimum Gasteiger partial charge on any atom is -0.490 e. The van der Waals surface area contributed by atoms with Gasteiger partial charge in [0.25, 0.3) is 5.91 Å². The van der Waals surface area contributed by atoms with Gasteiger partial charge in [-0.05, 0) is 68.4 Å². The second-order valence-electron chi connectivity index (χ2n) is 9.08. The lowest BCUT2D eigenvalue weighted by Gasteiger charge is -2.19. The van der Waals surface area contributed by atoms with E-state index < -0.39 is 0 Å². The average Bonchev–Trinajstić information content (AvgIpc) is 3.39. The first kappa shape index (κ1) is 27.8. The van der Waals surface area contributed by atoms with Crippen LogP contribution < -0.4 is 27.2 Å². The molecule has 1 amide bonds. The normalized spacial score (nSPS) is 14.3. The van der Waals surface area contributed by atoms with Crippen molar-refractivity contribution in [2.45, 2.75) is 36.5 Å². The molecule has 2 aromatic carbocycles. The van der Waals surface area contributed by atoms with Crippen molar-refractivity contribution in [3.8, 4) is 5.75 Å². The lowest BCUT2D eigenvalue weighted by molar-refractivity contribution is -0.830. The zero-order chi connectivity index (χ0) is 26.1. The Morgan fingerprint density at radius 3 is 2.58 bits per heavy atom. The summed E-state index contributed by atoms with van der Waals surface area (Å²) < 4.78 is 6.14. The number of ether oxygens (including phenoxy) is 1. The van der Waals surface area contributed by atoms with E-state index in [1.807, 2.05) is 32.3 Å². The maximum atomic E-state index is 13.5. The molecular formula is C25H38N7O3S+. The van der Waals surface area contributed by atoms with Gasteiger partial charge >= 0.3 is 0 Å². The molecule has 0 aliphatic heterocycles. The molecule has 1 aliphatic rings. The van der Waals surface area contributed by atoms with Crippen LogP contribution in [0.2, 0.25) is 0 Å². The molecule has 0 heterocycles. The number of hydrazone groups is 1. The van der Waals surface area contributed by atoms with Crippen molar-refractivity contribution in [2.24, 2.45) is 16.8 Å². The molecule has 196 valence electrons. The summed E-state index contributed by atoms with van der Waals surface area (Å²) in [6.45, 7) is 1.28. The van der Waals surface area contributed by atoms with Crippen molar-refractivity contribution in [2.75, 3.05) is 46.7 Å². The minimum absolute atomic E-state index is 0.286. The number of thioether (sulfide) groups is 1. The van der Waals surface area contributed by atoms with Crippen LogP contribution in [0.5, 0.6) is 5.75 Å². The third-order valence-electron chi connectivity index (χ3n) is 5.99. The number of rotatable bonds is 10. The Hall–Kier alpha value is -2.83. The fraction of sp³-hybridized carbons (Fsp3) is 0.440. The highest BCUT2D eigenvalue weighted by atomic mass is 32.2. The number of nitrogens with two attached hydrogens (primary N) is 3. The Morgan fingerprint density at radius 1 is 1.19 bits per heavy atom. The van der Waals surface area contributed by atoms with Gasteiger partial charge in [-0.2, -0.15) is 10.6 Å². The summed E-state index contributed by atoms with van der Waals surface area (Å²) in [5, 5.41) is 8.45. The van der Waals surface area contributed by atoms with Crippen LogP contribution in [0.1, 0.15) is 47.5 Å². The van der Waals surface area contributed by atoms with Gasteiger partial charge in [-0.1, -0.05) is 18.9 Å². The molecule has 3 rings (SSSR count). The number of anilines is 1. The van der Waals surface area contributed by atoms with Crippen LogP contribution in [-0.4, -0.2) is 62.4 Å².